The second kappa shape index (κ2) is 9.23. The van der Waals surface area contributed by atoms with Crippen LogP contribution < -0.4 is 5.32 Å². The summed E-state index contributed by atoms with van der Waals surface area (Å²) < 4.78 is 14.5. The van der Waals surface area contributed by atoms with Crippen LogP contribution in [0, 0.1) is 11.7 Å². The zero-order chi connectivity index (χ0) is 21.1. The van der Waals surface area contributed by atoms with Gasteiger partial charge in [-0.1, -0.05) is 38.1 Å². The van der Waals surface area contributed by atoms with Gasteiger partial charge >= 0.3 is 0 Å². The number of amides is 1. The Bertz CT molecular complexity index is 968. The van der Waals surface area contributed by atoms with Gasteiger partial charge in [0.05, 0.1) is 21.8 Å². The van der Waals surface area contributed by atoms with E-state index in [4.69, 9.17) is 4.98 Å². The lowest BCUT2D eigenvalue weighted by atomic mass is 9.96. The summed E-state index contributed by atoms with van der Waals surface area (Å²) in [5, 5.41) is 4.53. The molecule has 0 unspecified atom stereocenters. The van der Waals surface area contributed by atoms with Gasteiger partial charge in [0.1, 0.15) is 5.82 Å². The van der Waals surface area contributed by atoms with Gasteiger partial charge in [-0.15, -0.1) is 11.3 Å². The highest BCUT2D eigenvalue weighted by atomic mass is 32.1. The molecule has 1 aromatic heterocycles. The number of halogens is 1. The largest absolute Gasteiger partial charge is 0.341 e. The van der Waals surface area contributed by atoms with Crippen molar-refractivity contribution >= 4 is 27.5 Å². The number of aromatic nitrogens is 1. The molecule has 2 heterocycles. The molecule has 1 aliphatic rings. The summed E-state index contributed by atoms with van der Waals surface area (Å²) in [6.45, 7) is 6.02. The molecule has 4 rings (SSSR count). The van der Waals surface area contributed by atoms with E-state index >= 15 is 0 Å². The Hall–Kier alpha value is -2.31. The molecule has 1 amide bonds. The number of nitrogens with zero attached hydrogens (tertiary/aromatic N) is 2. The maximum absolute atomic E-state index is 13.3. The third kappa shape index (κ3) is 4.71. The van der Waals surface area contributed by atoms with Crippen molar-refractivity contribution in [2.45, 2.75) is 38.6 Å². The van der Waals surface area contributed by atoms with Crippen LogP contribution in [-0.2, 0) is 4.79 Å². The third-order valence-corrected chi connectivity index (χ3v) is 7.00. The van der Waals surface area contributed by atoms with Crippen LogP contribution in [0.1, 0.15) is 49.2 Å². The van der Waals surface area contributed by atoms with E-state index in [9.17, 15) is 9.18 Å². The number of likely N-dealkylation sites (tertiary alicyclic amines) is 1. The number of thiazole rings is 1. The number of nitrogens with one attached hydrogen (secondary N) is 1. The van der Waals surface area contributed by atoms with E-state index in [0.717, 1.165) is 42.0 Å². The monoisotopic (exact) mass is 425 g/mol. The van der Waals surface area contributed by atoms with Crippen molar-refractivity contribution in [2.24, 2.45) is 5.92 Å². The van der Waals surface area contributed by atoms with E-state index in [1.54, 1.807) is 23.5 Å². The average molecular weight is 426 g/mol. The number of fused-ring (bicyclic) bond motifs is 1. The van der Waals surface area contributed by atoms with Gasteiger partial charge in [0.25, 0.3) is 0 Å². The minimum absolute atomic E-state index is 0.0133. The van der Waals surface area contributed by atoms with Gasteiger partial charge in [0.2, 0.25) is 5.91 Å². The van der Waals surface area contributed by atoms with Crippen molar-refractivity contribution in [3.63, 3.8) is 0 Å². The van der Waals surface area contributed by atoms with Gasteiger partial charge in [-0.05, 0) is 48.6 Å². The molecular weight excluding hydrogens is 397 g/mol. The second-order valence-electron chi connectivity index (χ2n) is 8.35. The summed E-state index contributed by atoms with van der Waals surface area (Å²) in [7, 11) is 0. The molecule has 1 N–H and O–H groups in total. The lowest BCUT2D eigenvalue weighted by molar-refractivity contribution is -0.131. The number of rotatable bonds is 6. The molecule has 6 heteroatoms. The number of hydrogen-bond acceptors (Lipinski definition) is 4. The SMILES string of the molecule is CC(C)[C@H](NCC(=O)N1CCC[C@H](c2nc3ccccc3s2)C1)c1ccc(F)cc1. The lowest BCUT2D eigenvalue weighted by Crippen LogP contribution is -2.44. The van der Waals surface area contributed by atoms with Gasteiger partial charge in [-0.25, -0.2) is 9.37 Å². The Balaban J connectivity index is 1.39. The fourth-order valence-electron chi connectivity index (χ4n) is 4.19. The van der Waals surface area contributed by atoms with Gasteiger partial charge in [-0.3, -0.25) is 4.79 Å². The summed E-state index contributed by atoms with van der Waals surface area (Å²) in [6, 6.07) is 14.8. The zero-order valence-electron chi connectivity index (χ0n) is 17.5. The standard InChI is InChI=1S/C24H28FN3OS/c1-16(2)23(17-9-11-19(25)12-10-17)26-14-22(29)28-13-5-6-18(15-28)24-27-20-7-3-4-8-21(20)30-24/h3-4,7-12,16,18,23,26H,5-6,13-15H2,1-2H3/t18-,23-/m0/s1. The van der Waals surface area contributed by atoms with Gasteiger partial charge < -0.3 is 10.2 Å². The van der Waals surface area contributed by atoms with Crippen molar-refractivity contribution in [3.05, 3.63) is 64.9 Å². The molecule has 1 saturated heterocycles. The number of carbonyl (C=O) groups is 1. The predicted molar refractivity (Wildman–Crippen MR) is 120 cm³/mol. The molecular formula is C24H28FN3OS. The molecule has 3 aromatic rings. The van der Waals surface area contributed by atoms with Crippen LogP contribution in [-0.4, -0.2) is 35.4 Å². The van der Waals surface area contributed by atoms with Crippen LogP contribution in [0.2, 0.25) is 0 Å². The first kappa shape index (κ1) is 20.9. The Morgan fingerprint density at radius 2 is 2.00 bits per heavy atom. The van der Waals surface area contributed by atoms with Crippen molar-refractivity contribution < 1.29 is 9.18 Å². The summed E-state index contributed by atoms with van der Waals surface area (Å²) in [6.07, 6.45) is 2.07. The quantitative estimate of drug-likeness (QED) is 0.596. The molecule has 0 spiro atoms. The first-order valence-corrected chi connectivity index (χ1v) is 11.4. The molecule has 1 fully saturated rings. The molecule has 0 radical (unpaired) electrons. The number of para-hydroxylation sites is 1. The maximum Gasteiger partial charge on any atom is 0.236 e. The fraction of sp³-hybridized carbons (Fsp3) is 0.417. The highest BCUT2D eigenvalue weighted by molar-refractivity contribution is 7.18. The normalized spacial score (nSPS) is 18.1. The molecule has 2 atom stereocenters. The number of hydrogen-bond donors (Lipinski definition) is 1. The summed E-state index contributed by atoms with van der Waals surface area (Å²) in [4.78, 5) is 19.7. The van der Waals surface area contributed by atoms with Crippen molar-refractivity contribution in [2.75, 3.05) is 19.6 Å². The molecule has 158 valence electrons. The minimum atomic E-state index is -0.244. The van der Waals surface area contributed by atoms with E-state index in [0.29, 0.717) is 11.8 Å². The minimum Gasteiger partial charge on any atom is -0.341 e. The van der Waals surface area contributed by atoms with Crippen LogP contribution in [0.25, 0.3) is 10.2 Å². The van der Waals surface area contributed by atoms with Crippen LogP contribution in [0.3, 0.4) is 0 Å². The number of piperidine rings is 1. The fourth-order valence-corrected chi connectivity index (χ4v) is 5.28. The molecule has 4 nitrogen and oxygen atoms in total. The topological polar surface area (TPSA) is 45.2 Å². The molecule has 0 bridgehead atoms. The van der Waals surface area contributed by atoms with Crippen molar-refractivity contribution in [3.8, 4) is 0 Å². The highest BCUT2D eigenvalue weighted by Gasteiger charge is 2.27. The Labute approximate surface area is 181 Å². The van der Waals surface area contributed by atoms with Gasteiger partial charge in [0, 0.05) is 25.0 Å². The van der Waals surface area contributed by atoms with Crippen molar-refractivity contribution in [1.82, 2.24) is 15.2 Å². The summed E-state index contributed by atoms with van der Waals surface area (Å²) in [5.41, 5.74) is 2.05. The molecule has 0 saturated carbocycles. The maximum atomic E-state index is 13.3. The Morgan fingerprint density at radius 3 is 2.73 bits per heavy atom. The highest BCUT2D eigenvalue weighted by Crippen LogP contribution is 2.33. The smallest absolute Gasteiger partial charge is 0.236 e. The van der Waals surface area contributed by atoms with Crippen LogP contribution >= 0.6 is 11.3 Å². The number of benzene rings is 2. The first-order chi connectivity index (χ1) is 14.5. The van der Waals surface area contributed by atoms with Gasteiger partial charge in [-0.2, -0.15) is 0 Å². The van der Waals surface area contributed by atoms with Crippen LogP contribution in [0.5, 0.6) is 0 Å². The molecule has 0 aliphatic carbocycles. The molecule has 2 aromatic carbocycles. The predicted octanol–water partition coefficient (Wildman–Crippen LogP) is 5.13. The van der Waals surface area contributed by atoms with E-state index in [1.165, 1.54) is 16.8 Å². The van der Waals surface area contributed by atoms with Crippen LogP contribution in [0.15, 0.2) is 48.5 Å². The average Bonchev–Trinajstić information content (AvgIpc) is 3.19. The first-order valence-electron chi connectivity index (χ1n) is 10.6. The lowest BCUT2D eigenvalue weighted by Gasteiger charge is -2.33. The Morgan fingerprint density at radius 1 is 1.23 bits per heavy atom. The molecule has 30 heavy (non-hydrogen) atoms. The van der Waals surface area contributed by atoms with Crippen molar-refractivity contribution in [1.29, 1.82) is 0 Å². The third-order valence-electron chi connectivity index (χ3n) is 5.80. The zero-order valence-corrected chi connectivity index (χ0v) is 18.3. The van der Waals surface area contributed by atoms with Gasteiger partial charge in [0.15, 0.2) is 0 Å². The summed E-state index contributed by atoms with van der Waals surface area (Å²) in [5.74, 6) is 0.471. The number of carbonyl (C=O) groups excluding carboxylic acids is 1. The van der Waals surface area contributed by atoms with E-state index in [2.05, 4.69) is 25.2 Å². The van der Waals surface area contributed by atoms with E-state index in [-0.39, 0.29) is 24.3 Å². The summed E-state index contributed by atoms with van der Waals surface area (Å²) >= 11 is 1.74. The van der Waals surface area contributed by atoms with E-state index in [1.807, 2.05) is 23.1 Å². The van der Waals surface area contributed by atoms with Crippen LogP contribution in [0.4, 0.5) is 4.39 Å². The molecule has 1 aliphatic heterocycles. The Kier molecular flexibility index (Phi) is 6.44. The van der Waals surface area contributed by atoms with E-state index < -0.39 is 0 Å². The second-order valence-corrected chi connectivity index (χ2v) is 9.42.